The van der Waals surface area contributed by atoms with Gasteiger partial charge in [-0.1, -0.05) is 0 Å². The molecule has 9 heteroatoms. The molecule has 0 bridgehead atoms. The quantitative estimate of drug-likeness (QED) is 0.544. The summed E-state index contributed by atoms with van der Waals surface area (Å²) in [6, 6.07) is 10.9. The molecule has 0 aliphatic carbocycles. The number of halogens is 1. The third-order valence-electron chi connectivity index (χ3n) is 4.56. The molecule has 1 aliphatic heterocycles. The number of amides is 2. The summed E-state index contributed by atoms with van der Waals surface area (Å²) in [6.45, 7) is 1.39. The molecule has 3 aromatic rings. The van der Waals surface area contributed by atoms with Crippen LogP contribution in [0.1, 0.15) is 23.2 Å². The van der Waals surface area contributed by atoms with E-state index >= 15 is 0 Å². The Morgan fingerprint density at radius 3 is 2.65 bits per heavy atom. The average Bonchev–Trinajstić information content (AvgIpc) is 3.25. The zero-order valence-corrected chi connectivity index (χ0v) is 17.3. The third-order valence-corrected chi connectivity index (χ3v) is 5.32. The smallest absolute Gasteiger partial charge is 0.251 e. The van der Waals surface area contributed by atoms with Gasteiger partial charge in [0.1, 0.15) is 19.0 Å². The standard InChI is InChI=1S/C22H20FN3O4S/c23-16-6-3-14(4-7-16)21(28)24-9-1-2-20(27)26-22-25-17(13-31-22)15-5-8-18-19(12-15)30-11-10-29-18/h3-8,12-13H,1-2,9-11H2,(H,24,28)(H,25,26,27). The molecule has 160 valence electrons. The largest absolute Gasteiger partial charge is 0.486 e. The highest BCUT2D eigenvalue weighted by Gasteiger charge is 2.14. The van der Waals surface area contributed by atoms with E-state index in [-0.39, 0.29) is 18.2 Å². The van der Waals surface area contributed by atoms with Gasteiger partial charge in [0.15, 0.2) is 16.6 Å². The predicted molar refractivity (Wildman–Crippen MR) is 115 cm³/mol. The number of anilines is 1. The summed E-state index contributed by atoms with van der Waals surface area (Å²) in [7, 11) is 0. The summed E-state index contributed by atoms with van der Waals surface area (Å²) < 4.78 is 24.0. The molecular weight excluding hydrogens is 421 g/mol. The number of hydrogen-bond acceptors (Lipinski definition) is 6. The van der Waals surface area contributed by atoms with Crippen molar-refractivity contribution in [3.8, 4) is 22.8 Å². The number of benzene rings is 2. The summed E-state index contributed by atoms with van der Waals surface area (Å²) in [5, 5.41) is 7.86. The van der Waals surface area contributed by atoms with Crippen molar-refractivity contribution in [3.63, 3.8) is 0 Å². The maximum atomic E-state index is 12.9. The number of nitrogens with one attached hydrogen (secondary N) is 2. The van der Waals surface area contributed by atoms with Crippen LogP contribution in [-0.4, -0.2) is 36.6 Å². The summed E-state index contributed by atoms with van der Waals surface area (Å²) in [5.74, 6) is 0.520. The Kier molecular flexibility index (Phi) is 6.42. The van der Waals surface area contributed by atoms with Gasteiger partial charge in [0.05, 0.1) is 5.69 Å². The van der Waals surface area contributed by atoms with Gasteiger partial charge in [-0.3, -0.25) is 9.59 Å². The van der Waals surface area contributed by atoms with Gasteiger partial charge < -0.3 is 20.1 Å². The lowest BCUT2D eigenvalue weighted by Gasteiger charge is -2.18. The van der Waals surface area contributed by atoms with Gasteiger partial charge in [0, 0.05) is 29.5 Å². The monoisotopic (exact) mass is 441 g/mol. The molecule has 2 amide bonds. The minimum Gasteiger partial charge on any atom is -0.486 e. The van der Waals surface area contributed by atoms with Gasteiger partial charge in [-0.15, -0.1) is 11.3 Å². The SMILES string of the molecule is O=C(CCCNC(=O)c1ccc(F)cc1)Nc1nc(-c2ccc3c(c2)OCCO3)cs1. The van der Waals surface area contributed by atoms with E-state index in [1.165, 1.54) is 35.6 Å². The molecule has 0 radical (unpaired) electrons. The van der Waals surface area contributed by atoms with Crippen LogP contribution in [0, 0.1) is 5.82 Å². The lowest BCUT2D eigenvalue weighted by molar-refractivity contribution is -0.116. The molecule has 4 rings (SSSR count). The molecular formula is C22H20FN3O4S. The van der Waals surface area contributed by atoms with Crippen molar-refractivity contribution in [2.75, 3.05) is 25.1 Å². The number of rotatable bonds is 7. The number of carbonyl (C=O) groups is 2. The molecule has 2 N–H and O–H groups in total. The first-order valence-electron chi connectivity index (χ1n) is 9.78. The Morgan fingerprint density at radius 1 is 1.06 bits per heavy atom. The van der Waals surface area contributed by atoms with Crippen LogP contribution in [-0.2, 0) is 4.79 Å². The maximum absolute atomic E-state index is 12.9. The van der Waals surface area contributed by atoms with Crippen LogP contribution in [0.2, 0.25) is 0 Å². The Bertz CT molecular complexity index is 1080. The van der Waals surface area contributed by atoms with Crippen molar-refractivity contribution in [1.82, 2.24) is 10.3 Å². The van der Waals surface area contributed by atoms with E-state index in [1.807, 2.05) is 23.6 Å². The first kappa shape index (κ1) is 20.8. The molecule has 0 saturated carbocycles. The van der Waals surface area contributed by atoms with E-state index in [0.717, 1.165) is 11.3 Å². The van der Waals surface area contributed by atoms with E-state index in [0.29, 0.717) is 48.4 Å². The van der Waals surface area contributed by atoms with Gasteiger partial charge >= 0.3 is 0 Å². The molecule has 31 heavy (non-hydrogen) atoms. The zero-order chi connectivity index (χ0) is 21.6. The lowest BCUT2D eigenvalue weighted by atomic mass is 10.1. The van der Waals surface area contributed by atoms with E-state index in [4.69, 9.17) is 9.47 Å². The molecule has 2 aromatic carbocycles. The minimum atomic E-state index is -0.396. The van der Waals surface area contributed by atoms with Crippen molar-refractivity contribution in [1.29, 1.82) is 0 Å². The van der Waals surface area contributed by atoms with Crippen molar-refractivity contribution in [2.24, 2.45) is 0 Å². The number of fused-ring (bicyclic) bond motifs is 1. The summed E-state index contributed by atoms with van der Waals surface area (Å²) in [4.78, 5) is 28.6. The van der Waals surface area contributed by atoms with Crippen LogP contribution < -0.4 is 20.1 Å². The predicted octanol–water partition coefficient (Wildman–Crippen LogP) is 3.87. The van der Waals surface area contributed by atoms with Gasteiger partial charge in [-0.05, 0) is 48.9 Å². The van der Waals surface area contributed by atoms with Gasteiger partial charge in [0.2, 0.25) is 5.91 Å². The number of thiazole rings is 1. The Hall–Kier alpha value is -3.46. The number of hydrogen-bond donors (Lipinski definition) is 2. The number of carbonyl (C=O) groups excluding carboxylic acids is 2. The van der Waals surface area contributed by atoms with E-state index < -0.39 is 5.82 Å². The fourth-order valence-corrected chi connectivity index (χ4v) is 3.74. The molecule has 0 spiro atoms. The van der Waals surface area contributed by atoms with E-state index in [9.17, 15) is 14.0 Å². The van der Waals surface area contributed by atoms with E-state index in [2.05, 4.69) is 15.6 Å². The molecule has 2 heterocycles. The molecule has 0 atom stereocenters. The fourth-order valence-electron chi connectivity index (χ4n) is 3.00. The number of nitrogens with zero attached hydrogens (tertiary/aromatic N) is 1. The minimum absolute atomic E-state index is 0.181. The second kappa shape index (κ2) is 9.57. The van der Waals surface area contributed by atoms with Crippen LogP contribution in [0.25, 0.3) is 11.3 Å². The molecule has 0 saturated heterocycles. The molecule has 7 nitrogen and oxygen atoms in total. The number of aromatic nitrogens is 1. The first-order chi connectivity index (χ1) is 15.1. The fraction of sp³-hybridized carbons (Fsp3) is 0.227. The summed E-state index contributed by atoms with van der Waals surface area (Å²) in [5.41, 5.74) is 1.99. The van der Waals surface area contributed by atoms with Crippen LogP contribution in [0.5, 0.6) is 11.5 Å². The van der Waals surface area contributed by atoms with Crippen LogP contribution >= 0.6 is 11.3 Å². The summed E-state index contributed by atoms with van der Waals surface area (Å²) >= 11 is 1.34. The highest BCUT2D eigenvalue weighted by Crippen LogP contribution is 2.35. The Balaban J connectivity index is 1.24. The van der Waals surface area contributed by atoms with Crippen molar-refractivity contribution < 1.29 is 23.5 Å². The number of ether oxygens (including phenoxy) is 2. The van der Waals surface area contributed by atoms with Crippen LogP contribution in [0.15, 0.2) is 47.8 Å². The molecule has 0 unspecified atom stereocenters. The van der Waals surface area contributed by atoms with E-state index in [1.54, 1.807) is 0 Å². The second-order valence-corrected chi connectivity index (χ2v) is 7.67. The van der Waals surface area contributed by atoms with Gasteiger partial charge in [-0.25, -0.2) is 9.37 Å². The summed E-state index contributed by atoms with van der Waals surface area (Å²) in [6.07, 6.45) is 0.710. The first-order valence-corrected chi connectivity index (χ1v) is 10.7. The highest BCUT2D eigenvalue weighted by atomic mass is 32.1. The Labute approximate surface area is 182 Å². The molecule has 1 aromatic heterocycles. The zero-order valence-electron chi connectivity index (χ0n) is 16.5. The van der Waals surface area contributed by atoms with Crippen LogP contribution in [0.4, 0.5) is 9.52 Å². The van der Waals surface area contributed by atoms with Crippen molar-refractivity contribution in [2.45, 2.75) is 12.8 Å². The average molecular weight is 441 g/mol. The van der Waals surface area contributed by atoms with Gasteiger partial charge in [0.25, 0.3) is 5.91 Å². The third kappa shape index (κ3) is 5.37. The topological polar surface area (TPSA) is 89.6 Å². The maximum Gasteiger partial charge on any atom is 0.251 e. The van der Waals surface area contributed by atoms with Crippen molar-refractivity contribution in [3.05, 3.63) is 59.2 Å². The second-order valence-electron chi connectivity index (χ2n) is 6.81. The van der Waals surface area contributed by atoms with Crippen LogP contribution in [0.3, 0.4) is 0 Å². The Morgan fingerprint density at radius 2 is 1.84 bits per heavy atom. The molecule has 1 aliphatic rings. The van der Waals surface area contributed by atoms with Crippen molar-refractivity contribution >= 4 is 28.3 Å². The molecule has 0 fully saturated rings. The lowest BCUT2D eigenvalue weighted by Crippen LogP contribution is -2.25. The normalized spacial score (nSPS) is 12.3. The van der Waals surface area contributed by atoms with Gasteiger partial charge in [-0.2, -0.15) is 0 Å². The highest BCUT2D eigenvalue weighted by molar-refractivity contribution is 7.14.